The van der Waals surface area contributed by atoms with Crippen molar-refractivity contribution in [1.82, 2.24) is 9.97 Å². The summed E-state index contributed by atoms with van der Waals surface area (Å²) in [6, 6.07) is 14.8. The maximum atomic E-state index is 13.5. The van der Waals surface area contributed by atoms with Crippen molar-refractivity contribution in [2.24, 2.45) is 0 Å². The Balaban J connectivity index is 1.67. The van der Waals surface area contributed by atoms with Crippen LogP contribution in [0, 0.1) is 0 Å². The lowest BCUT2D eigenvalue weighted by Crippen LogP contribution is -2.33. The van der Waals surface area contributed by atoms with E-state index in [-0.39, 0.29) is 5.91 Å². The summed E-state index contributed by atoms with van der Waals surface area (Å²) in [5, 5.41) is 2.48. The highest BCUT2D eigenvalue weighted by Crippen LogP contribution is 2.36. The number of methoxy groups -OCH3 is 4. The molecular formula is C27H27N3O5S. The van der Waals surface area contributed by atoms with Gasteiger partial charge < -0.3 is 18.9 Å². The van der Waals surface area contributed by atoms with Gasteiger partial charge in [-0.2, -0.15) is 0 Å². The first-order chi connectivity index (χ1) is 17.6. The molecule has 0 aliphatic carbocycles. The number of anilines is 1. The van der Waals surface area contributed by atoms with Gasteiger partial charge in [-0.05, 0) is 54.4 Å². The molecule has 0 saturated carbocycles. The molecule has 0 N–H and O–H groups in total. The third-order valence-corrected chi connectivity index (χ3v) is 6.49. The standard InChI is InChI=1S/C27H27N3O5S/c1-32-20-8-10-23(33-2)21(15-20)22-17-36-27(29-22)30(26(31)19-6-5-12-28-16-19)13-11-18-7-9-24(34-3)25(14-18)35-4/h5-10,12,14-17H,11,13H2,1-4H3. The zero-order chi connectivity index (χ0) is 25.5. The fraction of sp³-hybridized carbons (Fsp3) is 0.222. The Kier molecular flexibility index (Phi) is 8.02. The molecule has 0 aliphatic rings. The second-order valence-corrected chi connectivity index (χ2v) is 8.56. The van der Waals surface area contributed by atoms with Gasteiger partial charge in [-0.25, -0.2) is 4.98 Å². The molecule has 2 heterocycles. The van der Waals surface area contributed by atoms with Crippen LogP contribution in [0.3, 0.4) is 0 Å². The van der Waals surface area contributed by atoms with Crippen molar-refractivity contribution in [1.29, 1.82) is 0 Å². The average Bonchev–Trinajstić information content (AvgIpc) is 3.42. The number of carbonyl (C=O) groups is 1. The Labute approximate surface area is 214 Å². The maximum Gasteiger partial charge on any atom is 0.261 e. The number of carbonyl (C=O) groups excluding carboxylic acids is 1. The maximum absolute atomic E-state index is 13.5. The molecule has 0 radical (unpaired) electrons. The second kappa shape index (κ2) is 11.5. The Morgan fingerprint density at radius 3 is 2.39 bits per heavy atom. The SMILES string of the molecule is COc1ccc(OC)c(-c2csc(N(CCc3ccc(OC)c(OC)c3)C(=O)c3cccnc3)n2)c1. The minimum absolute atomic E-state index is 0.179. The van der Waals surface area contributed by atoms with E-state index in [1.165, 1.54) is 11.3 Å². The second-order valence-electron chi connectivity index (χ2n) is 7.72. The van der Waals surface area contributed by atoms with Crippen molar-refractivity contribution in [2.45, 2.75) is 6.42 Å². The van der Waals surface area contributed by atoms with Crippen molar-refractivity contribution in [3.05, 3.63) is 77.4 Å². The summed E-state index contributed by atoms with van der Waals surface area (Å²) in [6.45, 7) is 0.408. The van der Waals surface area contributed by atoms with Crippen LogP contribution in [0.5, 0.6) is 23.0 Å². The first-order valence-electron chi connectivity index (χ1n) is 11.2. The molecule has 186 valence electrons. The fourth-order valence-electron chi connectivity index (χ4n) is 3.73. The Morgan fingerprint density at radius 2 is 1.69 bits per heavy atom. The number of aromatic nitrogens is 2. The molecule has 0 spiro atoms. The minimum atomic E-state index is -0.179. The van der Waals surface area contributed by atoms with E-state index >= 15 is 0 Å². The third kappa shape index (κ3) is 5.41. The summed E-state index contributed by atoms with van der Waals surface area (Å²) in [5.74, 6) is 2.48. The third-order valence-electron chi connectivity index (χ3n) is 5.63. The Bertz CT molecular complexity index is 1330. The predicted molar refractivity (Wildman–Crippen MR) is 140 cm³/mol. The molecular weight excluding hydrogens is 478 g/mol. The van der Waals surface area contributed by atoms with Gasteiger partial charge >= 0.3 is 0 Å². The lowest BCUT2D eigenvalue weighted by molar-refractivity contribution is 0.0987. The largest absolute Gasteiger partial charge is 0.497 e. The van der Waals surface area contributed by atoms with Crippen LogP contribution in [0.15, 0.2) is 66.3 Å². The molecule has 4 aromatic rings. The van der Waals surface area contributed by atoms with Crippen LogP contribution in [-0.2, 0) is 6.42 Å². The molecule has 0 bridgehead atoms. The number of hydrogen-bond donors (Lipinski definition) is 0. The van der Waals surface area contributed by atoms with Gasteiger partial charge in [0.1, 0.15) is 11.5 Å². The summed E-state index contributed by atoms with van der Waals surface area (Å²) < 4.78 is 21.7. The van der Waals surface area contributed by atoms with Crippen LogP contribution in [0.25, 0.3) is 11.3 Å². The molecule has 0 atom stereocenters. The monoisotopic (exact) mass is 505 g/mol. The number of nitrogens with zero attached hydrogens (tertiary/aromatic N) is 3. The van der Waals surface area contributed by atoms with Gasteiger partial charge in [0.15, 0.2) is 16.6 Å². The molecule has 36 heavy (non-hydrogen) atoms. The fourth-order valence-corrected chi connectivity index (χ4v) is 4.58. The molecule has 2 aromatic heterocycles. The highest BCUT2D eigenvalue weighted by atomic mass is 32.1. The molecule has 0 saturated heterocycles. The summed E-state index contributed by atoms with van der Waals surface area (Å²) in [6.07, 6.45) is 3.79. The van der Waals surface area contributed by atoms with Gasteiger partial charge in [-0.15, -0.1) is 11.3 Å². The van der Waals surface area contributed by atoms with E-state index < -0.39 is 0 Å². The summed E-state index contributed by atoms with van der Waals surface area (Å²) in [4.78, 5) is 24.1. The zero-order valence-electron chi connectivity index (χ0n) is 20.6. The first-order valence-corrected chi connectivity index (χ1v) is 12.1. The summed E-state index contributed by atoms with van der Waals surface area (Å²) >= 11 is 1.39. The van der Waals surface area contributed by atoms with Crippen molar-refractivity contribution in [2.75, 3.05) is 39.9 Å². The normalized spacial score (nSPS) is 10.6. The highest BCUT2D eigenvalue weighted by molar-refractivity contribution is 7.14. The van der Waals surface area contributed by atoms with Crippen molar-refractivity contribution >= 4 is 22.4 Å². The van der Waals surface area contributed by atoms with Crippen LogP contribution in [0.4, 0.5) is 5.13 Å². The van der Waals surface area contributed by atoms with Gasteiger partial charge in [-0.3, -0.25) is 14.7 Å². The lowest BCUT2D eigenvalue weighted by atomic mass is 10.1. The number of amides is 1. The molecule has 9 heteroatoms. The van der Waals surface area contributed by atoms with E-state index in [9.17, 15) is 4.79 Å². The van der Waals surface area contributed by atoms with Crippen LogP contribution >= 0.6 is 11.3 Å². The van der Waals surface area contributed by atoms with Gasteiger partial charge in [-0.1, -0.05) is 6.07 Å². The van der Waals surface area contributed by atoms with Crippen LogP contribution < -0.4 is 23.8 Å². The van der Waals surface area contributed by atoms with Gasteiger partial charge in [0, 0.05) is 29.9 Å². The lowest BCUT2D eigenvalue weighted by Gasteiger charge is -2.20. The molecule has 0 aliphatic heterocycles. The van der Waals surface area contributed by atoms with Crippen LogP contribution in [-0.4, -0.2) is 50.9 Å². The number of thiazole rings is 1. The van der Waals surface area contributed by atoms with E-state index in [0.29, 0.717) is 52.4 Å². The quantitative estimate of drug-likeness (QED) is 0.295. The zero-order valence-corrected chi connectivity index (χ0v) is 21.4. The van der Waals surface area contributed by atoms with Crippen molar-refractivity contribution in [3.63, 3.8) is 0 Å². The molecule has 8 nitrogen and oxygen atoms in total. The van der Waals surface area contributed by atoms with Crippen LogP contribution in [0.2, 0.25) is 0 Å². The average molecular weight is 506 g/mol. The number of pyridine rings is 1. The van der Waals surface area contributed by atoms with E-state index in [2.05, 4.69) is 4.98 Å². The number of ether oxygens (including phenoxy) is 4. The van der Waals surface area contributed by atoms with E-state index in [1.54, 1.807) is 57.9 Å². The van der Waals surface area contributed by atoms with E-state index in [4.69, 9.17) is 23.9 Å². The van der Waals surface area contributed by atoms with Crippen LogP contribution in [0.1, 0.15) is 15.9 Å². The molecule has 1 amide bonds. The molecule has 0 fully saturated rings. The minimum Gasteiger partial charge on any atom is -0.497 e. The van der Waals surface area contributed by atoms with Crippen molar-refractivity contribution in [3.8, 4) is 34.3 Å². The highest BCUT2D eigenvalue weighted by Gasteiger charge is 2.22. The van der Waals surface area contributed by atoms with E-state index in [1.807, 2.05) is 41.8 Å². The topological polar surface area (TPSA) is 83.0 Å². The summed E-state index contributed by atoms with van der Waals surface area (Å²) in [5.41, 5.74) is 2.97. The van der Waals surface area contributed by atoms with Gasteiger partial charge in [0.05, 0.1) is 39.7 Å². The summed E-state index contributed by atoms with van der Waals surface area (Å²) in [7, 11) is 6.42. The smallest absolute Gasteiger partial charge is 0.261 e. The van der Waals surface area contributed by atoms with Gasteiger partial charge in [0.25, 0.3) is 5.91 Å². The molecule has 4 rings (SSSR count). The molecule has 0 unspecified atom stereocenters. The van der Waals surface area contributed by atoms with Gasteiger partial charge in [0.2, 0.25) is 0 Å². The number of benzene rings is 2. The number of hydrogen-bond acceptors (Lipinski definition) is 8. The van der Waals surface area contributed by atoms with E-state index in [0.717, 1.165) is 11.1 Å². The van der Waals surface area contributed by atoms with Crippen molar-refractivity contribution < 1.29 is 23.7 Å². The Hall–Kier alpha value is -4.11. The first kappa shape index (κ1) is 25.0. The number of rotatable bonds is 10. The molecule has 2 aromatic carbocycles. The Morgan fingerprint density at radius 1 is 0.917 bits per heavy atom. The predicted octanol–water partition coefficient (Wildman–Crippen LogP) is 5.13.